The zero-order chi connectivity index (χ0) is 20.3. The van der Waals surface area contributed by atoms with Crippen LogP contribution >= 0.6 is 0 Å². The van der Waals surface area contributed by atoms with E-state index in [1.165, 1.54) is 6.42 Å². The molecule has 0 bridgehead atoms. The molecule has 0 atom stereocenters. The molecule has 1 heterocycles. The molecule has 6 nitrogen and oxygen atoms in total. The number of nitrogens with zero attached hydrogens (tertiary/aromatic N) is 2. The van der Waals surface area contributed by atoms with E-state index in [9.17, 15) is 4.79 Å². The number of anilines is 1. The first-order valence-electron chi connectivity index (χ1n) is 9.88. The first-order valence-corrected chi connectivity index (χ1v) is 9.88. The van der Waals surface area contributed by atoms with Crippen LogP contribution in [0.25, 0.3) is 0 Å². The number of aromatic nitrogens is 2. The maximum atomic E-state index is 12.3. The minimum atomic E-state index is -0.156. The quantitative estimate of drug-likeness (QED) is 0.476. The van der Waals surface area contributed by atoms with Gasteiger partial charge in [0.15, 0.2) is 0 Å². The average molecular weight is 393 g/mol. The molecule has 1 aromatic heterocycles. The van der Waals surface area contributed by atoms with Crippen molar-refractivity contribution >= 4 is 11.6 Å². The number of rotatable bonds is 11. The maximum absolute atomic E-state index is 12.3. The Bertz CT molecular complexity index is 859. The Morgan fingerprint density at radius 3 is 2.38 bits per heavy atom. The zero-order valence-electron chi connectivity index (χ0n) is 16.7. The Hall–Kier alpha value is -3.28. The number of nitrogens with one attached hydrogen (secondary N) is 1. The van der Waals surface area contributed by atoms with Crippen LogP contribution in [0.15, 0.2) is 67.3 Å². The van der Waals surface area contributed by atoms with Crippen LogP contribution in [0.3, 0.4) is 0 Å². The second kappa shape index (κ2) is 10.9. The molecule has 2 aromatic carbocycles. The number of carbonyl (C=O) groups is 1. The summed E-state index contributed by atoms with van der Waals surface area (Å²) < 4.78 is 13.0. The topological polar surface area (TPSA) is 65.4 Å². The van der Waals surface area contributed by atoms with Crippen molar-refractivity contribution in [2.75, 3.05) is 19.0 Å². The summed E-state index contributed by atoms with van der Waals surface area (Å²) >= 11 is 0. The van der Waals surface area contributed by atoms with Crippen LogP contribution in [-0.2, 0) is 6.54 Å². The molecule has 29 heavy (non-hydrogen) atoms. The fourth-order valence-electron chi connectivity index (χ4n) is 2.94. The molecule has 0 aliphatic heterocycles. The molecule has 0 radical (unpaired) electrons. The van der Waals surface area contributed by atoms with Gasteiger partial charge in [0, 0.05) is 30.2 Å². The lowest BCUT2D eigenvalue weighted by Crippen LogP contribution is -2.11. The summed E-state index contributed by atoms with van der Waals surface area (Å²) in [4.78, 5) is 16.3. The number of imidazole rings is 1. The predicted molar refractivity (Wildman–Crippen MR) is 114 cm³/mol. The standard InChI is InChI=1S/C23H27N3O3/c1-28-21-10-6-19(7-11-21)23(27)25-20-8-12-22(13-9-20)29-17-5-3-2-4-15-26-16-14-24-18-26/h6-14,16,18H,2-5,15,17H2,1H3,(H,25,27). The highest BCUT2D eigenvalue weighted by Gasteiger charge is 2.06. The molecule has 3 rings (SSSR count). The second-order valence-corrected chi connectivity index (χ2v) is 6.77. The van der Waals surface area contributed by atoms with Crippen molar-refractivity contribution in [3.05, 3.63) is 72.8 Å². The van der Waals surface area contributed by atoms with E-state index < -0.39 is 0 Å². The van der Waals surface area contributed by atoms with E-state index in [1.807, 2.05) is 43.0 Å². The number of benzene rings is 2. The minimum absolute atomic E-state index is 0.156. The first-order chi connectivity index (χ1) is 14.2. The number of unbranched alkanes of at least 4 members (excludes halogenated alkanes) is 3. The van der Waals surface area contributed by atoms with Gasteiger partial charge in [0.2, 0.25) is 0 Å². The van der Waals surface area contributed by atoms with Gasteiger partial charge >= 0.3 is 0 Å². The fraction of sp³-hybridized carbons (Fsp3) is 0.304. The number of carbonyl (C=O) groups excluding carboxylic acids is 1. The predicted octanol–water partition coefficient (Wildman–Crippen LogP) is 4.78. The zero-order valence-corrected chi connectivity index (χ0v) is 16.7. The average Bonchev–Trinajstić information content (AvgIpc) is 3.28. The van der Waals surface area contributed by atoms with E-state index in [-0.39, 0.29) is 5.91 Å². The minimum Gasteiger partial charge on any atom is -0.497 e. The van der Waals surface area contributed by atoms with Crippen LogP contribution in [0.5, 0.6) is 11.5 Å². The highest BCUT2D eigenvalue weighted by Crippen LogP contribution is 2.18. The third-order valence-electron chi connectivity index (χ3n) is 4.60. The van der Waals surface area contributed by atoms with Crippen molar-refractivity contribution in [3.8, 4) is 11.5 Å². The lowest BCUT2D eigenvalue weighted by molar-refractivity contribution is 0.102. The van der Waals surface area contributed by atoms with Crippen molar-refractivity contribution in [2.45, 2.75) is 32.2 Å². The molecule has 0 aliphatic carbocycles. The van der Waals surface area contributed by atoms with Crippen molar-refractivity contribution in [1.82, 2.24) is 9.55 Å². The van der Waals surface area contributed by atoms with E-state index in [2.05, 4.69) is 14.9 Å². The van der Waals surface area contributed by atoms with E-state index in [0.717, 1.165) is 43.0 Å². The molecule has 0 saturated heterocycles. The molecule has 6 heteroatoms. The molecule has 0 aliphatic rings. The molecular formula is C23H27N3O3. The van der Waals surface area contributed by atoms with Gasteiger partial charge in [-0.1, -0.05) is 12.8 Å². The molecule has 3 aromatic rings. The van der Waals surface area contributed by atoms with E-state index >= 15 is 0 Å². The molecule has 152 valence electrons. The largest absolute Gasteiger partial charge is 0.497 e. The van der Waals surface area contributed by atoms with Crippen molar-refractivity contribution < 1.29 is 14.3 Å². The van der Waals surface area contributed by atoms with Gasteiger partial charge in [-0.2, -0.15) is 0 Å². The number of hydrogen-bond acceptors (Lipinski definition) is 4. The Morgan fingerprint density at radius 1 is 0.966 bits per heavy atom. The third kappa shape index (κ3) is 6.68. The summed E-state index contributed by atoms with van der Waals surface area (Å²) in [5.41, 5.74) is 1.32. The molecule has 0 fully saturated rings. The van der Waals surface area contributed by atoms with Gasteiger partial charge in [0.1, 0.15) is 11.5 Å². The Labute approximate surface area is 171 Å². The van der Waals surface area contributed by atoms with Gasteiger partial charge in [-0.25, -0.2) is 4.98 Å². The normalized spacial score (nSPS) is 10.5. The fourth-order valence-corrected chi connectivity index (χ4v) is 2.94. The summed E-state index contributed by atoms with van der Waals surface area (Å²) in [5.74, 6) is 1.38. The van der Waals surface area contributed by atoms with Crippen molar-refractivity contribution in [2.24, 2.45) is 0 Å². The SMILES string of the molecule is COc1ccc(C(=O)Nc2ccc(OCCCCCCn3ccnc3)cc2)cc1. The monoisotopic (exact) mass is 393 g/mol. The molecule has 0 saturated carbocycles. The molecule has 1 amide bonds. The number of ether oxygens (including phenoxy) is 2. The smallest absolute Gasteiger partial charge is 0.255 e. The van der Waals surface area contributed by atoms with Gasteiger partial charge in [-0.3, -0.25) is 4.79 Å². The summed E-state index contributed by atoms with van der Waals surface area (Å²) in [6, 6.07) is 14.5. The summed E-state index contributed by atoms with van der Waals surface area (Å²) in [5, 5.41) is 2.88. The molecule has 1 N–H and O–H groups in total. The highest BCUT2D eigenvalue weighted by molar-refractivity contribution is 6.04. The van der Waals surface area contributed by atoms with Gasteiger partial charge < -0.3 is 19.4 Å². The van der Waals surface area contributed by atoms with Gasteiger partial charge in [-0.05, 0) is 61.4 Å². The van der Waals surface area contributed by atoms with E-state index in [0.29, 0.717) is 12.2 Å². The van der Waals surface area contributed by atoms with Gasteiger partial charge in [0.05, 0.1) is 20.0 Å². The van der Waals surface area contributed by atoms with Crippen LogP contribution in [0.1, 0.15) is 36.0 Å². The lowest BCUT2D eigenvalue weighted by atomic mass is 10.2. The van der Waals surface area contributed by atoms with Crippen LogP contribution < -0.4 is 14.8 Å². The Balaban J connectivity index is 1.33. The van der Waals surface area contributed by atoms with Crippen LogP contribution in [-0.4, -0.2) is 29.2 Å². The second-order valence-electron chi connectivity index (χ2n) is 6.77. The maximum Gasteiger partial charge on any atom is 0.255 e. The number of amides is 1. The van der Waals surface area contributed by atoms with Gasteiger partial charge in [0.25, 0.3) is 5.91 Å². The van der Waals surface area contributed by atoms with Crippen molar-refractivity contribution in [1.29, 1.82) is 0 Å². The Morgan fingerprint density at radius 2 is 1.69 bits per heavy atom. The molecule has 0 spiro atoms. The summed E-state index contributed by atoms with van der Waals surface area (Å²) in [6.45, 7) is 1.72. The molecule has 0 unspecified atom stereocenters. The lowest BCUT2D eigenvalue weighted by Gasteiger charge is -2.09. The third-order valence-corrected chi connectivity index (χ3v) is 4.60. The van der Waals surface area contributed by atoms with Crippen LogP contribution in [0, 0.1) is 0 Å². The highest BCUT2D eigenvalue weighted by atomic mass is 16.5. The summed E-state index contributed by atoms with van der Waals surface area (Å²) in [7, 11) is 1.60. The van der Waals surface area contributed by atoms with Gasteiger partial charge in [-0.15, -0.1) is 0 Å². The number of methoxy groups -OCH3 is 1. The summed E-state index contributed by atoms with van der Waals surface area (Å²) in [6.07, 6.45) is 10.2. The van der Waals surface area contributed by atoms with Crippen LogP contribution in [0.4, 0.5) is 5.69 Å². The van der Waals surface area contributed by atoms with E-state index in [1.54, 1.807) is 31.4 Å². The van der Waals surface area contributed by atoms with Crippen LogP contribution in [0.2, 0.25) is 0 Å². The Kier molecular flexibility index (Phi) is 7.69. The van der Waals surface area contributed by atoms with Crippen molar-refractivity contribution in [3.63, 3.8) is 0 Å². The first kappa shape index (κ1) is 20.5. The number of aryl methyl sites for hydroxylation is 1. The molecular weight excluding hydrogens is 366 g/mol. The van der Waals surface area contributed by atoms with E-state index in [4.69, 9.17) is 9.47 Å². The number of hydrogen-bond donors (Lipinski definition) is 1.